The molecule has 0 radical (unpaired) electrons. The zero-order chi connectivity index (χ0) is 14.0. The molecular weight excluding hydrogens is 250 g/mol. The van der Waals surface area contributed by atoms with Crippen LogP contribution in [0.4, 0.5) is 5.69 Å². The van der Waals surface area contributed by atoms with E-state index in [1.54, 1.807) is 12.3 Å². The van der Waals surface area contributed by atoms with Crippen molar-refractivity contribution >= 4 is 29.0 Å². The highest BCUT2D eigenvalue weighted by molar-refractivity contribution is 5.95. The zero-order valence-electron chi connectivity index (χ0n) is 9.88. The first-order chi connectivity index (χ1) is 9.04. The molecule has 1 atom stereocenters. The zero-order valence-corrected chi connectivity index (χ0v) is 9.88. The minimum atomic E-state index is -1.09. The van der Waals surface area contributed by atoms with Gasteiger partial charge < -0.3 is 26.2 Å². The molecule has 19 heavy (non-hydrogen) atoms. The van der Waals surface area contributed by atoms with E-state index in [0.717, 1.165) is 0 Å². The van der Waals surface area contributed by atoms with E-state index < -0.39 is 12.0 Å². The number of carboxylic acid groups (broad SMARTS) is 1. The molecule has 1 amide bonds. The smallest absolute Gasteiger partial charge is 0.320 e. The van der Waals surface area contributed by atoms with Crippen molar-refractivity contribution in [1.82, 2.24) is 4.98 Å². The van der Waals surface area contributed by atoms with Gasteiger partial charge in [-0.2, -0.15) is 0 Å². The van der Waals surface area contributed by atoms with Crippen LogP contribution in [0, 0.1) is 0 Å². The number of amides is 1. The molecular formula is C12H13N3O4. The number of fused-ring (bicyclic) bond motifs is 1. The van der Waals surface area contributed by atoms with Crippen molar-refractivity contribution in [1.29, 1.82) is 0 Å². The van der Waals surface area contributed by atoms with Crippen LogP contribution in [-0.2, 0) is 16.0 Å². The molecule has 2 rings (SSSR count). The number of anilines is 1. The number of H-pyrrole nitrogens is 1. The van der Waals surface area contributed by atoms with E-state index in [0.29, 0.717) is 22.9 Å². The maximum atomic E-state index is 10.7. The summed E-state index contributed by atoms with van der Waals surface area (Å²) in [6, 6.07) is 2.21. The summed E-state index contributed by atoms with van der Waals surface area (Å²) in [6.07, 6.45) is 2.21. The van der Waals surface area contributed by atoms with Crippen molar-refractivity contribution in [2.75, 3.05) is 5.32 Å². The molecule has 1 aromatic heterocycles. The van der Waals surface area contributed by atoms with E-state index in [1.807, 2.05) is 0 Å². The van der Waals surface area contributed by atoms with Crippen LogP contribution in [0.1, 0.15) is 5.56 Å². The number of nitrogens with one attached hydrogen (secondary N) is 2. The molecule has 2 aromatic rings. The highest BCUT2D eigenvalue weighted by Crippen LogP contribution is 2.33. The fourth-order valence-corrected chi connectivity index (χ4v) is 1.91. The second kappa shape index (κ2) is 4.99. The van der Waals surface area contributed by atoms with Gasteiger partial charge >= 0.3 is 5.97 Å². The predicted octanol–water partition coefficient (Wildman–Crippen LogP) is 0.396. The van der Waals surface area contributed by atoms with Crippen LogP contribution >= 0.6 is 0 Å². The van der Waals surface area contributed by atoms with E-state index in [4.69, 9.17) is 10.8 Å². The Bertz CT molecular complexity index is 635. The van der Waals surface area contributed by atoms with Gasteiger partial charge in [0.2, 0.25) is 6.41 Å². The highest BCUT2D eigenvalue weighted by Gasteiger charge is 2.16. The largest absolute Gasteiger partial charge is 0.504 e. The van der Waals surface area contributed by atoms with Crippen molar-refractivity contribution in [3.63, 3.8) is 0 Å². The summed E-state index contributed by atoms with van der Waals surface area (Å²) in [5.74, 6) is -1.18. The van der Waals surface area contributed by atoms with Gasteiger partial charge in [0.15, 0.2) is 5.75 Å². The first-order valence-electron chi connectivity index (χ1n) is 5.55. The number of carbonyl (C=O) groups is 2. The Kier molecular flexibility index (Phi) is 3.39. The number of hydrogen-bond donors (Lipinski definition) is 5. The second-order valence-electron chi connectivity index (χ2n) is 4.11. The Hall–Kier alpha value is -2.54. The fourth-order valence-electron chi connectivity index (χ4n) is 1.91. The standard InChI is InChI=1S/C12H13N3O4/c13-8(12(18)19)3-6-4-14-10-7(6)1-2-9(11(10)17)15-5-16/h1-2,4-5,8,14,17H,3,13H2,(H,15,16)(H,18,19)/t8-/m0/s1. The number of rotatable bonds is 5. The van der Waals surface area contributed by atoms with Crippen molar-refractivity contribution in [3.8, 4) is 5.75 Å². The summed E-state index contributed by atoms with van der Waals surface area (Å²) in [4.78, 5) is 24.0. The van der Waals surface area contributed by atoms with Gasteiger partial charge in [0, 0.05) is 18.0 Å². The van der Waals surface area contributed by atoms with Crippen LogP contribution in [0.25, 0.3) is 10.9 Å². The highest BCUT2D eigenvalue weighted by atomic mass is 16.4. The molecule has 7 heteroatoms. The number of phenolic OH excluding ortho intramolecular Hbond substituents is 1. The topological polar surface area (TPSA) is 128 Å². The number of benzene rings is 1. The molecule has 1 heterocycles. The predicted molar refractivity (Wildman–Crippen MR) is 69.0 cm³/mol. The molecule has 0 unspecified atom stereocenters. The molecule has 0 fully saturated rings. The number of hydrogen-bond acceptors (Lipinski definition) is 4. The first kappa shape index (κ1) is 12.9. The minimum absolute atomic E-state index is 0.0975. The van der Waals surface area contributed by atoms with Gasteiger partial charge in [0.05, 0.1) is 11.2 Å². The summed E-state index contributed by atoms with van der Waals surface area (Å²) in [7, 11) is 0. The van der Waals surface area contributed by atoms with Gasteiger partial charge in [-0.15, -0.1) is 0 Å². The Labute approximate surface area is 108 Å². The summed E-state index contributed by atoms with van der Waals surface area (Å²) in [6.45, 7) is 0. The van der Waals surface area contributed by atoms with Crippen molar-refractivity contribution < 1.29 is 19.8 Å². The first-order valence-corrected chi connectivity index (χ1v) is 5.55. The monoisotopic (exact) mass is 263 g/mol. The molecule has 0 spiro atoms. The maximum Gasteiger partial charge on any atom is 0.320 e. The quantitative estimate of drug-likeness (QED) is 0.394. The fraction of sp³-hybridized carbons (Fsp3) is 0.167. The summed E-state index contributed by atoms with van der Waals surface area (Å²) >= 11 is 0. The third-order valence-corrected chi connectivity index (χ3v) is 2.89. The van der Waals surface area contributed by atoms with Crippen LogP contribution in [-0.4, -0.2) is 33.6 Å². The van der Waals surface area contributed by atoms with Gasteiger partial charge in [0.25, 0.3) is 0 Å². The molecule has 100 valence electrons. The number of aromatic nitrogens is 1. The Morgan fingerprint density at radius 1 is 1.53 bits per heavy atom. The second-order valence-corrected chi connectivity index (χ2v) is 4.11. The van der Waals surface area contributed by atoms with Gasteiger partial charge in [-0.05, 0) is 11.6 Å². The molecule has 7 nitrogen and oxygen atoms in total. The van der Waals surface area contributed by atoms with E-state index >= 15 is 0 Å². The number of aromatic amines is 1. The molecule has 0 bridgehead atoms. The lowest BCUT2D eigenvalue weighted by Gasteiger charge is -2.06. The SMILES string of the molecule is N[C@@H](Cc1c[nH]c2c(O)c(NC=O)ccc12)C(=O)O. The van der Waals surface area contributed by atoms with Crippen molar-refractivity contribution in [2.45, 2.75) is 12.5 Å². The van der Waals surface area contributed by atoms with Crippen LogP contribution < -0.4 is 11.1 Å². The Morgan fingerprint density at radius 3 is 2.89 bits per heavy atom. The Morgan fingerprint density at radius 2 is 2.26 bits per heavy atom. The van der Waals surface area contributed by atoms with Crippen LogP contribution in [0.3, 0.4) is 0 Å². The number of aromatic hydroxyl groups is 1. The van der Waals surface area contributed by atoms with Gasteiger partial charge in [-0.25, -0.2) is 0 Å². The van der Waals surface area contributed by atoms with E-state index in [1.165, 1.54) is 6.07 Å². The molecule has 0 aliphatic heterocycles. The summed E-state index contributed by atoms with van der Waals surface area (Å²) in [5, 5.41) is 21.8. The molecule has 6 N–H and O–H groups in total. The van der Waals surface area contributed by atoms with Crippen LogP contribution in [0.15, 0.2) is 18.3 Å². The number of phenols is 1. The van der Waals surface area contributed by atoms with Crippen molar-refractivity contribution in [2.24, 2.45) is 5.73 Å². The van der Waals surface area contributed by atoms with Crippen LogP contribution in [0.2, 0.25) is 0 Å². The number of aliphatic carboxylic acids is 1. The van der Waals surface area contributed by atoms with Gasteiger partial charge in [-0.1, -0.05) is 6.07 Å². The average Bonchev–Trinajstić information content (AvgIpc) is 2.77. The van der Waals surface area contributed by atoms with Crippen LogP contribution in [0.5, 0.6) is 5.75 Å². The lowest BCUT2D eigenvalue weighted by Crippen LogP contribution is -2.32. The summed E-state index contributed by atoms with van der Waals surface area (Å²) in [5.41, 5.74) is 6.88. The average molecular weight is 263 g/mol. The van der Waals surface area contributed by atoms with E-state index in [9.17, 15) is 14.7 Å². The number of carbonyl (C=O) groups excluding carboxylic acids is 1. The van der Waals surface area contributed by atoms with Crippen molar-refractivity contribution in [3.05, 3.63) is 23.9 Å². The molecule has 0 saturated heterocycles. The van der Waals surface area contributed by atoms with Gasteiger partial charge in [0.1, 0.15) is 6.04 Å². The normalized spacial score (nSPS) is 12.3. The third kappa shape index (κ3) is 2.36. The molecule has 0 aliphatic carbocycles. The lowest BCUT2D eigenvalue weighted by molar-refractivity contribution is -0.138. The summed E-state index contributed by atoms with van der Waals surface area (Å²) < 4.78 is 0. The molecule has 0 aliphatic rings. The Balaban J connectivity index is 2.41. The van der Waals surface area contributed by atoms with Gasteiger partial charge in [-0.3, -0.25) is 9.59 Å². The number of nitrogens with two attached hydrogens (primary N) is 1. The lowest BCUT2D eigenvalue weighted by atomic mass is 10.1. The third-order valence-electron chi connectivity index (χ3n) is 2.89. The maximum absolute atomic E-state index is 10.7. The molecule has 0 saturated carbocycles. The number of carboxylic acids is 1. The molecule has 1 aromatic carbocycles. The van der Waals surface area contributed by atoms with E-state index in [-0.39, 0.29) is 17.9 Å². The minimum Gasteiger partial charge on any atom is -0.504 e. The van der Waals surface area contributed by atoms with E-state index in [2.05, 4.69) is 10.3 Å².